The maximum atomic E-state index is 6.93. The Hall–Kier alpha value is -5.67. The molecule has 4 aliphatic rings. The first kappa shape index (κ1) is 28.5. The highest BCUT2D eigenvalue weighted by molar-refractivity contribution is 6.10. The number of fused-ring (bicyclic) bond motifs is 8. The van der Waals surface area contributed by atoms with Gasteiger partial charge in [-0.1, -0.05) is 153 Å². The predicted molar refractivity (Wildman–Crippen MR) is 197 cm³/mol. The van der Waals surface area contributed by atoms with Gasteiger partial charge < -0.3 is 9.64 Å². The molecule has 2 aliphatic carbocycles. The molecule has 0 bridgehead atoms. The van der Waals surface area contributed by atoms with E-state index in [9.17, 15) is 0 Å². The molecular formula is C45H36N2O. The van der Waals surface area contributed by atoms with Crippen molar-refractivity contribution in [2.75, 3.05) is 18.0 Å². The van der Waals surface area contributed by atoms with Gasteiger partial charge in [0.25, 0.3) is 0 Å². The predicted octanol–water partition coefficient (Wildman–Crippen LogP) is 10.0. The molecule has 5 aromatic rings. The van der Waals surface area contributed by atoms with Crippen LogP contribution in [0.2, 0.25) is 0 Å². The molecule has 2 aliphatic heterocycles. The van der Waals surface area contributed by atoms with E-state index in [1.54, 1.807) is 0 Å². The zero-order chi connectivity index (χ0) is 32.1. The number of hydrogen-bond acceptors (Lipinski definition) is 3. The van der Waals surface area contributed by atoms with Crippen molar-refractivity contribution in [1.29, 1.82) is 0 Å². The fourth-order valence-electron chi connectivity index (χ4n) is 8.29. The minimum Gasteiger partial charge on any atom is -0.461 e. The van der Waals surface area contributed by atoms with Crippen molar-refractivity contribution in [3.8, 4) is 16.9 Å². The van der Waals surface area contributed by atoms with Crippen LogP contribution in [-0.2, 0) is 5.41 Å². The topological polar surface area (TPSA) is 24.8 Å². The van der Waals surface area contributed by atoms with Crippen LogP contribution in [0.1, 0.15) is 40.7 Å². The number of hydrogen-bond donors (Lipinski definition) is 0. The third-order valence-corrected chi connectivity index (χ3v) is 10.5. The molecule has 0 saturated carbocycles. The number of anilines is 1. The normalized spacial score (nSPS) is 22.5. The number of nitrogens with zero attached hydrogens (tertiary/aromatic N) is 2. The van der Waals surface area contributed by atoms with Gasteiger partial charge in [0, 0.05) is 40.8 Å². The van der Waals surface area contributed by atoms with E-state index in [0.717, 1.165) is 35.1 Å². The van der Waals surface area contributed by atoms with Crippen molar-refractivity contribution in [2.24, 2.45) is 10.9 Å². The molecule has 1 spiro atoms. The third kappa shape index (κ3) is 4.31. The van der Waals surface area contributed by atoms with Crippen molar-refractivity contribution in [3.05, 3.63) is 203 Å². The van der Waals surface area contributed by atoms with Crippen LogP contribution in [0.15, 0.2) is 180 Å². The second kappa shape index (κ2) is 11.5. The Labute approximate surface area is 282 Å². The molecule has 0 aromatic heterocycles. The molecule has 232 valence electrons. The van der Waals surface area contributed by atoms with Gasteiger partial charge in [0.05, 0.1) is 12.0 Å². The number of allylic oxidation sites excluding steroid dienone is 6. The summed E-state index contributed by atoms with van der Waals surface area (Å²) in [5.74, 6) is 3.30. The van der Waals surface area contributed by atoms with E-state index in [-0.39, 0.29) is 11.8 Å². The fraction of sp³-hybridized carbons (Fsp3) is 0.133. The molecule has 2 heterocycles. The number of rotatable bonds is 3. The summed E-state index contributed by atoms with van der Waals surface area (Å²) in [6.07, 6.45) is 13.3. The Morgan fingerprint density at radius 1 is 0.688 bits per heavy atom. The van der Waals surface area contributed by atoms with Crippen LogP contribution in [0.25, 0.3) is 11.1 Å². The third-order valence-electron chi connectivity index (χ3n) is 10.5. The highest BCUT2D eigenvalue weighted by Crippen LogP contribution is 2.62. The number of aliphatic imine (C=N–C) groups is 1. The number of para-hydroxylation sites is 2. The molecule has 0 N–H and O–H groups in total. The Kier molecular flexibility index (Phi) is 6.86. The van der Waals surface area contributed by atoms with Gasteiger partial charge in [0.2, 0.25) is 0 Å². The lowest BCUT2D eigenvalue weighted by atomic mass is 9.62. The maximum Gasteiger partial charge on any atom is 0.136 e. The minimum absolute atomic E-state index is 0.138. The highest BCUT2D eigenvalue weighted by atomic mass is 16.5. The Bertz CT molecular complexity index is 2140. The van der Waals surface area contributed by atoms with Crippen molar-refractivity contribution in [2.45, 2.75) is 18.3 Å². The van der Waals surface area contributed by atoms with Crippen molar-refractivity contribution >= 4 is 11.5 Å². The lowest BCUT2D eigenvalue weighted by Gasteiger charge is -2.44. The molecule has 2 atom stereocenters. The second-order valence-electron chi connectivity index (χ2n) is 13.0. The summed E-state index contributed by atoms with van der Waals surface area (Å²) in [5, 5.41) is 0. The molecule has 0 saturated heterocycles. The lowest BCUT2D eigenvalue weighted by Crippen LogP contribution is -2.37. The van der Waals surface area contributed by atoms with Crippen LogP contribution in [0, 0.1) is 5.92 Å². The fourth-order valence-corrected chi connectivity index (χ4v) is 8.29. The summed E-state index contributed by atoms with van der Waals surface area (Å²) in [4.78, 5) is 7.35. The van der Waals surface area contributed by atoms with Gasteiger partial charge in [-0.25, -0.2) is 0 Å². The number of benzene rings is 5. The molecule has 2 unspecified atom stereocenters. The first-order chi connectivity index (χ1) is 23.7. The maximum absolute atomic E-state index is 6.93. The van der Waals surface area contributed by atoms with Crippen LogP contribution >= 0.6 is 0 Å². The molecule has 3 heteroatoms. The quantitative estimate of drug-likeness (QED) is 0.201. The van der Waals surface area contributed by atoms with Crippen LogP contribution < -0.4 is 9.64 Å². The van der Waals surface area contributed by atoms with Crippen molar-refractivity contribution in [1.82, 2.24) is 0 Å². The molecule has 0 fully saturated rings. The highest BCUT2D eigenvalue weighted by Gasteiger charge is 2.53. The van der Waals surface area contributed by atoms with Crippen molar-refractivity contribution in [3.63, 3.8) is 0 Å². The van der Waals surface area contributed by atoms with Gasteiger partial charge >= 0.3 is 0 Å². The number of amidine groups is 1. The van der Waals surface area contributed by atoms with Crippen LogP contribution in [0.4, 0.5) is 5.69 Å². The summed E-state index contributed by atoms with van der Waals surface area (Å²) in [7, 11) is 0. The van der Waals surface area contributed by atoms with Gasteiger partial charge in [-0.3, -0.25) is 4.99 Å². The number of ether oxygens (including phenoxy) is 1. The van der Waals surface area contributed by atoms with Gasteiger partial charge in [0.15, 0.2) is 0 Å². The summed E-state index contributed by atoms with van der Waals surface area (Å²) in [6.45, 7) is 3.71. The summed E-state index contributed by atoms with van der Waals surface area (Å²) in [5.41, 5.74) is 10.8. The standard InChI is InChI=1S/C45H36N2O/c1-31-35(32-23-25-33(26-24-32)44-46-29-13-2-3-14-30-47(44)34-15-5-4-6-16-34)27-28-41-43(31)48-42-22-12-11-21-40(42)45(41)38-19-9-7-17-36(38)37-18-8-10-20-39(37)45/h2-28,31,35H,29-30H2,1H3/b13-2-,14-3-,46-44-. The monoisotopic (exact) mass is 620 g/mol. The Balaban J connectivity index is 1.11. The molecule has 5 aromatic carbocycles. The average molecular weight is 621 g/mol. The van der Waals surface area contributed by atoms with E-state index in [1.165, 1.54) is 39.0 Å². The molecular weight excluding hydrogens is 585 g/mol. The lowest BCUT2D eigenvalue weighted by molar-refractivity contribution is 0.310. The van der Waals surface area contributed by atoms with Crippen LogP contribution in [0.3, 0.4) is 0 Å². The van der Waals surface area contributed by atoms with Gasteiger partial charge in [0.1, 0.15) is 17.3 Å². The molecule has 9 rings (SSSR count). The van der Waals surface area contributed by atoms with Crippen LogP contribution in [-0.4, -0.2) is 18.9 Å². The van der Waals surface area contributed by atoms with Gasteiger partial charge in [-0.15, -0.1) is 0 Å². The van der Waals surface area contributed by atoms with Crippen LogP contribution in [0.5, 0.6) is 5.75 Å². The molecule has 3 nitrogen and oxygen atoms in total. The van der Waals surface area contributed by atoms with E-state index in [2.05, 4.69) is 176 Å². The average Bonchev–Trinajstić information content (AvgIpc) is 3.50. The molecule has 48 heavy (non-hydrogen) atoms. The molecule has 0 amide bonds. The first-order valence-electron chi connectivity index (χ1n) is 16.9. The zero-order valence-electron chi connectivity index (χ0n) is 27.0. The zero-order valence-corrected chi connectivity index (χ0v) is 27.0. The van der Waals surface area contributed by atoms with E-state index in [1.807, 2.05) is 0 Å². The summed E-state index contributed by atoms with van der Waals surface area (Å²) in [6, 6.07) is 46.1. The van der Waals surface area contributed by atoms with E-state index in [0.29, 0.717) is 6.54 Å². The van der Waals surface area contributed by atoms with Gasteiger partial charge in [-0.2, -0.15) is 0 Å². The molecule has 0 radical (unpaired) electrons. The SMILES string of the molecule is CC1C2=C(C=CC1c1ccc(/C3=N/C/C=C\C=C/CN3c3ccccc3)cc1)C1(c3ccccc3O2)c2ccccc2-c2ccccc21. The minimum atomic E-state index is -0.421. The van der Waals surface area contributed by atoms with Crippen molar-refractivity contribution < 1.29 is 4.74 Å². The van der Waals surface area contributed by atoms with Gasteiger partial charge in [-0.05, 0) is 46.0 Å². The van der Waals surface area contributed by atoms with E-state index < -0.39 is 5.41 Å². The smallest absolute Gasteiger partial charge is 0.136 e. The Morgan fingerprint density at radius 3 is 2.08 bits per heavy atom. The summed E-state index contributed by atoms with van der Waals surface area (Å²) < 4.78 is 6.93. The van der Waals surface area contributed by atoms with E-state index >= 15 is 0 Å². The first-order valence-corrected chi connectivity index (χ1v) is 16.9. The largest absolute Gasteiger partial charge is 0.461 e. The second-order valence-corrected chi connectivity index (χ2v) is 13.0. The van der Waals surface area contributed by atoms with E-state index in [4.69, 9.17) is 9.73 Å². The Morgan fingerprint density at radius 2 is 1.33 bits per heavy atom. The summed E-state index contributed by atoms with van der Waals surface area (Å²) >= 11 is 0.